The first-order valence-electron chi connectivity index (χ1n) is 7.69. The van der Waals surface area contributed by atoms with Gasteiger partial charge >= 0.3 is 0 Å². The topological polar surface area (TPSA) is 12.0 Å². The fourth-order valence-corrected chi connectivity index (χ4v) is 2.60. The van der Waals surface area contributed by atoms with Crippen molar-refractivity contribution in [3.05, 3.63) is 71.0 Å². The standard InChI is InChI=1S/C19H24FN/c1-4-8-19(16-9-6-5-7-10-16)21-15(3)17-12-11-14(2)18(20)13-17/h5-7,9-13,15,19,21H,4,8H2,1-3H3. The van der Waals surface area contributed by atoms with E-state index in [2.05, 4.69) is 43.4 Å². The van der Waals surface area contributed by atoms with E-state index in [1.807, 2.05) is 18.2 Å². The number of nitrogens with one attached hydrogen (secondary N) is 1. The van der Waals surface area contributed by atoms with Crippen LogP contribution in [0.1, 0.15) is 55.5 Å². The Morgan fingerprint density at radius 2 is 1.76 bits per heavy atom. The van der Waals surface area contributed by atoms with Crippen LogP contribution in [0.2, 0.25) is 0 Å². The number of hydrogen-bond donors (Lipinski definition) is 1. The molecule has 0 fully saturated rings. The molecule has 0 aliphatic carbocycles. The van der Waals surface area contributed by atoms with Crippen LogP contribution in [0.3, 0.4) is 0 Å². The van der Waals surface area contributed by atoms with Crippen molar-refractivity contribution in [1.82, 2.24) is 5.32 Å². The number of halogens is 1. The van der Waals surface area contributed by atoms with Gasteiger partial charge in [-0.3, -0.25) is 0 Å². The second kappa shape index (κ2) is 7.37. The van der Waals surface area contributed by atoms with Gasteiger partial charge in [-0.1, -0.05) is 55.8 Å². The van der Waals surface area contributed by atoms with Gasteiger partial charge in [-0.05, 0) is 43.0 Å². The summed E-state index contributed by atoms with van der Waals surface area (Å²) in [7, 11) is 0. The molecule has 21 heavy (non-hydrogen) atoms. The SMILES string of the molecule is CCCC(NC(C)c1ccc(C)c(F)c1)c1ccccc1. The van der Waals surface area contributed by atoms with Crippen LogP contribution in [0, 0.1) is 12.7 Å². The van der Waals surface area contributed by atoms with Gasteiger partial charge in [0.05, 0.1) is 0 Å². The number of rotatable bonds is 6. The van der Waals surface area contributed by atoms with E-state index in [1.54, 1.807) is 13.0 Å². The minimum atomic E-state index is -0.132. The Kier molecular flexibility index (Phi) is 5.51. The van der Waals surface area contributed by atoms with E-state index >= 15 is 0 Å². The molecule has 2 atom stereocenters. The van der Waals surface area contributed by atoms with E-state index in [0.29, 0.717) is 11.6 Å². The summed E-state index contributed by atoms with van der Waals surface area (Å²) in [6.07, 6.45) is 2.18. The van der Waals surface area contributed by atoms with Crippen LogP contribution >= 0.6 is 0 Å². The Labute approximate surface area is 127 Å². The summed E-state index contributed by atoms with van der Waals surface area (Å²) in [5, 5.41) is 3.63. The molecule has 0 amide bonds. The van der Waals surface area contributed by atoms with E-state index in [0.717, 1.165) is 18.4 Å². The van der Waals surface area contributed by atoms with Crippen LogP contribution < -0.4 is 5.32 Å². The first-order chi connectivity index (χ1) is 10.1. The third kappa shape index (κ3) is 4.15. The molecule has 0 aliphatic heterocycles. The quantitative estimate of drug-likeness (QED) is 0.756. The van der Waals surface area contributed by atoms with Crippen molar-refractivity contribution in [3.8, 4) is 0 Å². The van der Waals surface area contributed by atoms with Crippen molar-refractivity contribution in [2.24, 2.45) is 0 Å². The van der Waals surface area contributed by atoms with E-state index < -0.39 is 0 Å². The van der Waals surface area contributed by atoms with Gasteiger partial charge in [0.25, 0.3) is 0 Å². The minimum absolute atomic E-state index is 0.122. The van der Waals surface area contributed by atoms with E-state index in [9.17, 15) is 4.39 Å². The van der Waals surface area contributed by atoms with Crippen LogP contribution in [0.4, 0.5) is 4.39 Å². The first-order valence-corrected chi connectivity index (χ1v) is 7.69. The Bertz CT molecular complexity index is 565. The summed E-state index contributed by atoms with van der Waals surface area (Å²) in [4.78, 5) is 0. The molecule has 2 rings (SSSR count). The van der Waals surface area contributed by atoms with Gasteiger partial charge in [-0.2, -0.15) is 0 Å². The van der Waals surface area contributed by atoms with Crippen molar-refractivity contribution >= 4 is 0 Å². The van der Waals surface area contributed by atoms with Crippen LogP contribution in [0.15, 0.2) is 48.5 Å². The number of aryl methyl sites for hydroxylation is 1. The highest BCUT2D eigenvalue weighted by atomic mass is 19.1. The van der Waals surface area contributed by atoms with Gasteiger partial charge in [-0.15, -0.1) is 0 Å². The summed E-state index contributed by atoms with van der Waals surface area (Å²) in [5.74, 6) is -0.132. The largest absolute Gasteiger partial charge is 0.303 e. The Morgan fingerprint density at radius 1 is 1.05 bits per heavy atom. The minimum Gasteiger partial charge on any atom is -0.303 e. The lowest BCUT2D eigenvalue weighted by Gasteiger charge is -2.24. The lowest BCUT2D eigenvalue weighted by molar-refractivity contribution is 0.438. The van der Waals surface area contributed by atoms with Crippen molar-refractivity contribution in [3.63, 3.8) is 0 Å². The van der Waals surface area contributed by atoms with Gasteiger partial charge in [0.1, 0.15) is 5.82 Å². The summed E-state index contributed by atoms with van der Waals surface area (Å²) in [6, 6.07) is 16.4. The predicted octanol–water partition coefficient (Wildman–Crippen LogP) is 5.33. The predicted molar refractivity (Wildman–Crippen MR) is 86.8 cm³/mol. The third-order valence-corrected chi connectivity index (χ3v) is 3.93. The summed E-state index contributed by atoms with van der Waals surface area (Å²) >= 11 is 0. The van der Waals surface area contributed by atoms with Crippen LogP contribution in [-0.4, -0.2) is 0 Å². The van der Waals surface area contributed by atoms with E-state index in [4.69, 9.17) is 0 Å². The van der Waals surface area contributed by atoms with E-state index in [-0.39, 0.29) is 11.9 Å². The maximum absolute atomic E-state index is 13.7. The van der Waals surface area contributed by atoms with Gasteiger partial charge in [-0.25, -0.2) is 4.39 Å². The normalized spacial score (nSPS) is 13.9. The lowest BCUT2D eigenvalue weighted by atomic mass is 9.99. The maximum atomic E-state index is 13.7. The first kappa shape index (κ1) is 15.7. The highest BCUT2D eigenvalue weighted by molar-refractivity contribution is 5.26. The van der Waals surface area contributed by atoms with E-state index in [1.165, 1.54) is 5.56 Å². The lowest BCUT2D eigenvalue weighted by Crippen LogP contribution is -2.24. The van der Waals surface area contributed by atoms with Crippen molar-refractivity contribution in [1.29, 1.82) is 0 Å². The van der Waals surface area contributed by atoms with Gasteiger partial charge in [0, 0.05) is 12.1 Å². The molecule has 2 aromatic carbocycles. The Morgan fingerprint density at radius 3 is 2.38 bits per heavy atom. The molecule has 2 heteroatoms. The third-order valence-electron chi connectivity index (χ3n) is 3.93. The molecule has 1 N–H and O–H groups in total. The Balaban J connectivity index is 2.14. The molecule has 0 saturated carbocycles. The van der Waals surface area contributed by atoms with Gasteiger partial charge < -0.3 is 5.32 Å². The monoisotopic (exact) mass is 285 g/mol. The van der Waals surface area contributed by atoms with Crippen molar-refractivity contribution in [2.75, 3.05) is 0 Å². The highest BCUT2D eigenvalue weighted by Gasteiger charge is 2.15. The summed E-state index contributed by atoms with van der Waals surface area (Å²) in [6.45, 7) is 6.07. The fraction of sp³-hybridized carbons (Fsp3) is 0.368. The molecule has 2 unspecified atom stereocenters. The van der Waals surface area contributed by atoms with Gasteiger partial charge in [0.2, 0.25) is 0 Å². The van der Waals surface area contributed by atoms with Crippen molar-refractivity contribution < 1.29 is 4.39 Å². The van der Waals surface area contributed by atoms with Crippen molar-refractivity contribution in [2.45, 2.75) is 45.7 Å². The van der Waals surface area contributed by atoms with Crippen LogP contribution in [0.25, 0.3) is 0 Å². The fourth-order valence-electron chi connectivity index (χ4n) is 2.60. The second-order valence-corrected chi connectivity index (χ2v) is 5.65. The number of benzene rings is 2. The second-order valence-electron chi connectivity index (χ2n) is 5.65. The summed E-state index contributed by atoms with van der Waals surface area (Å²) in [5.41, 5.74) is 2.98. The molecular formula is C19H24FN. The molecule has 112 valence electrons. The molecule has 0 heterocycles. The molecule has 0 aliphatic rings. The number of hydrogen-bond acceptors (Lipinski definition) is 1. The maximum Gasteiger partial charge on any atom is 0.126 e. The van der Waals surface area contributed by atoms with Crippen LogP contribution in [0.5, 0.6) is 0 Å². The molecular weight excluding hydrogens is 261 g/mol. The summed E-state index contributed by atoms with van der Waals surface area (Å²) < 4.78 is 13.7. The zero-order chi connectivity index (χ0) is 15.2. The molecule has 1 nitrogen and oxygen atoms in total. The smallest absolute Gasteiger partial charge is 0.126 e. The molecule has 0 saturated heterocycles. The zero-order valence-electron chi connectivity index (χ0n) is 13.1. The van der Waals surface area contributed by atoms with Crippen LogP contribution in [-0.2, 0) is 0 Å². The molecule has 0 bridgehead atoms. The molecule has 0 aromatic heterocycles. The Hall–Kier alpha value is -1.67. The molecule has 0 spiro atoms. The zero-order valence-corrected chi connectivity index (χ0v) is 13.1. The highest BCUT2D eigenvalue weighted by Crippen LogP contribution is 2.24. The molecule has 0 radical (unpaired) electrons. The average molecular weight is 285 g/mol. The average Bonchev–Trinajstić information content (AvgIpc) is 2.50. The van der Waals surface area contributed by atoms with Gasteiger partial charge in [0.15, 0.2) is 0 Å². The molecule has 2 aromatic rings.